The number of esters is 1. The van der Waals surface area contributed by atoms with Gasteiger partial charge in [0.1, 0.15) is 23.3 Å². The second kappa shape index (κ2) is 14.4. The lowest BCUT2D eigenvalue weighted by Crippen LogP contribution is -2.48. The van der Waals surface area contributed by atoms with E-state index in [9.17, 15) is 28.0 Å². The Morgan fingerprint density at radius 2 is 1.92 bits per heavy atom. The van der Waals surface area contributed by atoms with Gasteiger partial charge in [0.2, 0.25) is 0 Å². The number of carbonyl (C=O) groups is 1. The molecular formula is C34H27ClF3N7O4S. The normalized spacial score (nSPS) is 13.7. The Labute approximate surface area is 292 Å². The van der Waals surface area contributed by atoms with E-state index in [1.165, 1.54) is 29.2 Å². The summed E-state index contributed by atoms with van der Waals surface area (Å²) in [5, 5.41) is 12.5. The second-order valence-corrected chi connectivity index (χ2v) is 12.5. The highest BCUT2D eigenvalue weighted by atomic mass is 35.5. The zero-order chi connectivity index (χ0) is 35.6. The molecule has 5 aromatic rings. The molecular weight excluding hydrogens is 695 g/mol. The average Bonchev–Trinajstić information content (AvgIpc) is 3.54. The molecule has 1 aliphatic heterocycles. The lowest BCUT2D eigenvalue weighted by atomic mass is 10.00. The first-order chi connectivity index (χ1) is 24.0. The number of aryl methyl sites for hydroxylation is 1. The lowest BCUT2D eigenvalue weighted by Gasteiger charge is -2.35. The lowest BCUT2D eigenvalue weighted by molar-refractivity contribution is -0.325. The number of hydrogen-bond donors (Lipinski definition) is 0. The molecule has 0 atom stereocenters. The predicted molar refractivity (Wildman–Crippen MR) is 182 cm³/mol. The van der Waals surface area contributed by atoms with Gasteiger partial charge in [-0.05, 0) is 31.2 Å². The molecule has 0 amide bonds. The van der Waals surface area contributed by atoms with Crippen LogP contribution in [0.25, 0.3) is 32.2 Å². The Bertz CT molecular complexity index is 2280. The van der Waals surface area contributed by atoms with Crippen LogP contribution >= 0.6 is 22.9 Å². The van der Waals surface area contributed by atoms with Crippen molar-refractivity contribution in [1.29, 1.82) is 5.26 Å². The van der Waals surface area contributed by atoms with Gasteiger partial charge in [0.05, 0.1) is 53.1 Å². The SMILES string of the molecule is COC(=O)c1csc2c(-c3cc(Cl)ccc3C#CCn3c(C)nc4cnc(N5CCN(CCOC(F)(F)F)CC5)c(C#N)c4c3=O)ccnc12. The molecule has 16 heteroatoms. The van der Waals surface area contributed by atoms with Gasteiger partial charge in [-0.25, -0.2) is 14.8 Å². The fourth-order valence-corrected chi connectivity index (χ4v) is 6.97. The highest BCUT2D eigenvalue weighted by Gasteiger charge is 2.30. The highest BCUT2D eigenvalue weighted by molar-refractivity contribution is 7.18. The number of nitrogens with zero attached hydrogens (tertiary/aromatic N) is 7. The number of benzene rings is 1. The summed E-state index contributed by atoms with van der Waals surface area (Å²) < 4.78 is 48.0. The van der Waals surface area contributed by atoms with Crippen LogP contribution in [0.3, 0.4) is 0 Å². The van der Waals surface area contributed by atoms with Crippen molar-refractivity contribution >= 4 is 55.8 Å². The molecule has 1 saturated heterocycles. The molecule has 0 saturated carbocycles. The number of methoxy groups -OCH3 is 1. The summed E-state index contributed by atoms with van der Waals surface area (Å²) in [5.41, 5.74) is 2.86. The van der Waals surface area contributed by atoms with E-state index in [-0.39, 0.29) is 29.6 Å². The van der Waals surface area contributed by atoms with E-state index >= 15 is 0 Å². The van der Waals surface area contributed by atoms with Crippen LogP contribution in [0.5, 0.6) is 0 Å². The molecule has 0 bridgehead atoms. The van der Waals surface area contributed by atoms with Crippen LogP contribution in [0.1, 0.15) is 27.3 Å². The molecule has 50 heavy (non-hydrogen) atoms. The number of fused-ring (bicyclic) bond motifs is 2. The molecule has 0 spiro atoms. The van der Waals surface area contributed by atoms with Crippen molar-refractivity contribution in [2.45, 2.75) is 19.8 Å². The van der Waals surface area contributed by atoms with E-state index in [2.05, 4.69) is 37.6 Å². The number of pyridine rings is 2. The van der Waals surface area contributed by atoms with E-state index in [1.807, 2.05) is 15.9 Å². The second-order valence-electron chi connectivity index (χ2n) is 11.2. The smallest absolute Gasteiger partial charge is 0.465 e. The number of piperazine rings is 1. The van der Waals surface area contributed by atoms with E-state index in [0.717, 1.165) is 10.3 Å². The number of aromatic nitrogens is 4. The van der Waals surface area contributed by atoms with Crippen LogP contribution in [0.4, 0.5) is 19.0 Å². The van der Waals surface area contributed by atoms with Gasteiger partial charge in [-0.3, -0.25) is 24.0 Å². The van der Waals surface area contributed by atoms with E-state index < -0.39 is 24.5 Å². The number of alkyl halides is 3. The molecule has 0 N–H and O–H groups in total. The summed E-state index contributed by atoms with van der Waals surface area (Å²) in [7, 11) is 1.31. The predicted octanol–water partition coefficient (Wildman–Crippen LogP) is 5.40. The minimum absolute atomic E-state index is 0.0336. The van der Waals surface area contributed by atoms with Crippen LogP contribution in [-0.2, 0) is 16.0 Å². The van der Waals surface area contributed by atoms with Gasteiger partial charge in [0.15, 0.2) is 0 Å². The molecule has 5 heterocycles. The Balaban J connectivity index is 1.29. The summed E-state index contributed by atoms with van der Waals surface area (Å²) in [5.74, 6) is 6.42. The van der Waals surface area contributed by atoms with Gasteiger partial charge in [0, 0.05) is 66.0 Å². The molecule has 256 valence electrons. The van der Waals surface area contributed by atoms with Crippen LogP contribution < -0.4 is 10.5 Å². The monoisotopic (exact) mass is 721 g/mol. The Morgan fingerprint density at radius 1 is 1.14 bits per heavy atom. The summed E-state index contributed by atoms with van der Waals surface area (Å²) in [4.78, 5) is 43.2. The molecule has 0 unspecified atom stereocenters. The van der Waals surface area contributed by atoms with Crippen molar-refractivity contribution in [2.24, 2.45) is 0 Å². The van der Waals surface area contributed by atoms with Crippen LogP contribution in [-0.4, -0.2) is 83.2 Å². The zero-order valence-electron chi connectivity index (χ0n) is 26.7. The summed E-state index contributed by atoms with van der Waals surface area (Å²) in [6, 6.07) is 9.20. The summed E-state index contributed by atoms with van der Waals surface area (Å²) in [6.45, 7) is 2.89. The third-order valence-electron chi connectivity index (χ3n) is 8.22. The van der Waals surface area contributed by atoms with Crippen molar-refractivity contribution in [1.82, 2.24) is 24.4 Å². The number of hydrogen-bond acceptors (Lipinski definition) is 11. The average molecular weight is 722 g/mol. The summed E-state index contributed by atoms with van der Waals surface area (Å²) >= 11 is 7.74. The number of nitriles is 1. The number of halogens is 4. The highest BCUT2D eigenvalue weighted by Crippen LogP contribution is 2.36. The van der Waals surface area contributed by atoms with E-state index in [0.29, 0.717) is 65.1 Å². The maximum absolute atomic E-state index is 13.9. The standard InChI is InChI=1S/C34H27ClF3N7O4S/c1-20-42-27-18-41-31(44-12-10-43(11-13-44)14-15-49-34(36,37)38)25(17-39)28(27)32(46)45(20)9-3-4-21-5-6-22(35)16-24(21)23-7-8-40-29-26(33(47)48-2)19-50-30(23)29/h5-8,16,18-19H,9-15H2,1-2H3. The number of ether oxygens (including phenoxy) is 2. The van der Waals surface area contributed by atoms with Crippen molar-refractivity contribution in [3.8, 4) is 29.0 Å². The van der Waals surface area contributed by atoms with Gasteiger partial charge >= 0.3 is 12.3 Å². The molecule has 11 nitrogen and oxygen atoms in total. The minimum Gasteiger partial charge on any atom is -0.465 e. The number of anilines is 1. The Hall–Kier alpha value is -5.06. The molecule has 4 aromatic heterocycles. The van der Waals surface area contributed by atoms with E-state index in [4.69, 9.17) is 16.3 Å². The van der Waals surface area contributed by atoms with Gasteiger partial charge in [0.25, 0.3) is 5.56 Å². The largest absolute Gasteiger partial charge is 0.522 e. The molecule has 0 radical (unpaired) electrons. The van der Waals surface area contributed by atoms with Gasteiger partial charge in [-0.2, -0.15) is 5.26 Å². The molecule has 1 aliphatic rings. The number of carbonyl (C=O) groups excluding carboxylic acids is 1. The maximum Gasteiger partial charge on any atom is 0.522 e. The fraction of sp³-hybridized carbons (Fsp3) is 0.294. The summed E-state index contributed by atoms with van der Waals surface area (Å²) in [6.07, 6.45) is -1.63. The molecule has 6 rings (SSSR count). The third-order valence-corrected chi connectivity index (χ3v) is 9.46. The van der Waals surface area contributed by atoms with Crippen LogP contribution in [0.15, 0.2) is 46.8 Å². The molecule has 0 aliphatic carbocycles. The van der Waals surface area contributed by atoms with Crippen LogP contribution in [0, 0.1) is 30.1 Å². The number of rotatable bonds is 7. The third kappa shape index (κ3) is 7.13. The number of thiophene rings is 1. The Morgan fingerprint density at radius 3 is 2.64 bits per heavy atom. The van der Waals surface area contributed by atoms with Crippen molar-refractivity contribution < 1.29 is 27.4 Å². The van der Waals surface area contributed by atoms with Gasteiger partial charge in [-0.15, -0.1) is 24.5 Å². The van der Waals surface area contributed by atoms with Crippen molar-refractivity contribution in [3.63, 3.8) is 0 Å². The quantitative estimate of drug-likeness (QED) is 0.159. The topological polar surface area (TPSA) is 126 Å². The first-order valence-corrected chi connectivity index (χ1v) is 16.5. The van der Waals surface area contributed by atoms with E-state index in [1.54, 1.807) is 36.7 Å². The first-order valence-electron chi connectivity index (χ1n) is 15.2. The first kappa shape index (κ1) is 34.8. The van der Waals surface area contributed by atoms with Gasteiger partial charge in [-0.1, -0.05) is 23.4 Å². The maximum atomic E-state index is 13.9. The fourth-order valence-electron chi connectivity index (χ4n) is 5.78. The Kier molecular flexibility index (Phi) is 10.0. The minimum atomic E-state index is -4.68. The van der Waals surface area contributed by atoms with Crippen molar-refractivity contribution in [3.05, 3.63) is 79.9 Å². The zero-order valence-corrected chi connectivity index (χ0v) is 28.2. The molecule has 1 aromatic carbocycles. The van der Waals surface area contributed by atoms with Crippen LogP contribution in [0.2, 0.25) is 5.02 Å². The van der Waals surface area contributed by atoms with Gasteiger partial charge < -0.3 is 9.64 Å². The van der Waals surface area contributed by atoms with Crippen molar-refractivity contribution in [2.75, 3.05) is 51.3 Å². The molecule has 1 fully saturated rings.